The van der Waals surface area contributed by atoms with Crippen molar-refractivity contribution >= 4 is 21.8 Å². The lowest BCUT2D eigenvalue weighted by Gasteiger charge is -2.25. The van der Waals surface area contributed by atoms with E-state index < -0.39 is 0 Å². The summed E-state index contributed by atoms with van der Waals surface area (Å²) in [7, 11) is 0. The summed E-state index contributed by atoms with van der Waals surface area (Å²) in [5.41, 5.74) is 1.97. The van der Waals surface area contributed by atoms with E-state index in [0.29, 0.717) is 0 Å². The van der Waals surface area contributed by atoms with Crippen LogP contribution in [0.15, 0.2) is 59.1 Å². The number of likely N-dealkylation sites (tertiary alicyclic amines) is 1. The Morgan fingerprint density at radius 2 is 1.75 bits per heavy atom. The molecule has 0 N–H and O–H groups in total. The van der Waals surface area contributed by atoms with E-state index in [0.717, 1.165) is 29.4 Å². The molecule has 0 spiro atoms. The molecule has 1 amide bonds. The van der Waals surface area contributed by atoms with E-state index in [2.05, 4.69) is 28.1 Å². The summed E-state index contributed by atoms with van der Waals surface area (Å²) in [6.07, 6.45) is 2.11. The van der Waals surface area contributed by atoms with Gasteiger partial charge in [0, 0.05) is 11.0 Å². The minimum Gasteiger partial charge on any atom is -0.332 e. The van der Waals surface area contributed by atoms with E-state index in [-0.39, 0.29) is 11.9 Å². The first-order valence-corrected chi connectivity index (χ1v) is 7.67. The predicted molar refractivity (Wildman–Crippen MR) is 83.6 cm³/mol. The van der Waals surface area contributed by atoms with Gasteiger partial charge in [0.1, 0.15) is 0 Å². The van der Waals surface area contributed by atoms with Crippen molar-refractivity contribution < 1.29 is 4.79 Å². The summed E-state index contributed by atoms with van der Waals surface area (Å²) >= 11 is 3.47. The smallest absolute Gasteiger partial charge is 0.255 e. The second-order valence-electron chi connectivity index (χ2n) is 5.05. The number of hydrogen-bond donors (Lipinski definition) is 0. The van der Waals surface area contributed by atoms with Crippen LogP contribution in [0.5, 0.6) is 0 Å². The molecular formula is C17H16BrNO. The Balaban J connectivity index is 1.90. The molecule has 3 heteroatoms. The molecule has 1 aliphatic rings. The Hall–Kier alpha value is -1.61. The van der Waals surface area contributed by atoms with Gasteiger partial charge in [-0.3, -0.25) is 4.79 Å². The van der Waals surface area contributed by atoms with E-state index in [4.69, 9.17) is 0 Å². The summed E-state index contributed by atoms with van der Waals surface area (Å²) in [6.45, 7) is 0.833. The van der Waals surface area contributed by atoms with Gasteiger partial charge in [0.2, 0.25) is 0 Å². The molecule has 1 saturated heterocycles. The Labute approximate surface area is 127 Å². The van der Waals surface area contributed by atoms with Crippen molar-refractivity contribution in [2.45, 2.75) is 18.9 Å². The second-order valence-corrected chi connectivity index (χ2v) is 5.90. The number of carbonyl (C=O) groups is 1. The number of benzene rings is 2. The molecule has 0 saturated carbocycles. The van der Waals surface area contributed by atoms with Crippen molar-refractivity contribution in [2.75, 3.05) is 6.54 Å². The van der Waals surface area contributed by atoms with Crippen LogP contribution >= 0.6 is 15.9 Å². The van der Waals surface area contributed by atoms with Gasteiger partial charge in [0.05, 0.1) is 11.6 Å². The topological polar surface area (TPSA) is 20.3 Å². The Kier molecular flexibility index (Phi) is 3.88. The summed E-state index contributed by atoms with van der Waals surface area (Å²) < 4.78 is 0.865. The number of carbonyl (C=O) groups excluding carboxylic acids is 1. The van der Waals surface area contributed by atoms with Gasteiger partial charge in [-0.2, -0.15) is 0 Å². The maximum Gasteiger partial charge on any atom is 0.255 e. The van der Waals surface area contributed by atoms with Gasteiger partial charge in [0.15, 0.2) is 0 Å². The number of halogens is 1. The Morgan fingerprint density at radius 1 is 1.05 bits per heavy atom. The van der Waals surface area contributed by atoms with Gasteiger partial charge in [-0.05, 0) is 46.5 Å². The number of hydrogen-bond acceptors (Lipinski definition) is 1. The minimum atomic E-state index is 0.115. The van der Waals surface area contributed by atoms with Crippen LogP contribution in [-0.4, -0.2) is 17.4 Å². The molecule has 102 valence electrons. The molecule has 0 bridgehead atoms. The normalized spacial score (nSPS) is 18.2. The highest BCUT2D eigenvalue weighted by Crippen LogP contribution is 2.33. The molecule has 0 radical (unpaired) electrons. The lowest BCUT2D eigenvalue weighted by molar-refractivity contribution is 0.0734. The van der Waals surface area contributed by atoms with E-state index >= 15 is 0 Å². The fourth-order valence-electron chi connectivity index (χ4n) is 2.82. The average Bonchev–Trinajstić information content (AvgIpc) is 2.97. The highest BCUT2D eigenvalue weighted by Gasteiger charge is 2.30. The lowest BCUT2D eigenvalue weighted by Crippen LogP contribution is -2.30. The van der Waals surface area contributed by atoms with Gasteiger partial charge < -0.3 is 4.90 Å². The number of nitrogens with zero attached hydrogens (tertiary/aromatic N) is 1. The molecule has 3 rings (SSSR count). The third-order valence-electron chi connectivity index (χ3n) is 3.80. The maximum atomic E-state index is 12.7. The van der Waals surface area contributed by atoms with Crippen LogP contribution in [0.2, 0.25) is 0 Å². The molecule has 1 unspecified atom stereocenters. The lowest BCUT2D eigenvalue weighted by atomic mass is 10.0. The average molecular weight is 330 g/mol. The van der Waals surface area contributed by atoms with Crippen LogP contribution in [0.4, 0.5) is 0 Å². The third-order valence-corrected chi connectivity index (χ3v) is 4.49. The van der Waals surface area contributed by atoms with Crippen LogP contribution < -0.4 is 0 Å². The van der Waals surface area contributed by atoms with E-state index in [1.165, 1.54) is 5.56 Å². The monoisotopic (exact) mass is 329 g/mol. The zero-order valence-corrected chi connectivity index (χ0v) is 12.7. The summed E-state index contributed by atoms with van der Waals surface area (Å²) in [5, 5.41) is 0. The van der Waals surface area contributed by atoms with Gasteiger partial charge in [-0.1, -0.05) is 42.5 Å². The van der Waals surface area contributed by atoms with Crippen LogP contribution in [0.1, 0.15) is 34.8 Å². The van der Waals surface area contributed by atoms with Crippen LogP contribution in [0.3, 0.4) is 0 Å². The van der Waals surface area contributed by atoms with Crippen LogP contribution in [-0.2, 0) is 0 Å². The fourth-order valence-corrected chi connectivity index (χ4v) is 3.28. The van der Waals surface area contributed by atoms with Gasteiger partial charge in [-0.25, -0.2) is 0 Å². The number of rotatable bonds is 2. The summed E-state index contributed by atoms with van der Waals surface area (Å²) in [5.74, 6) is 0.115. The predicted octanol–water partition coefficient (Wildman–Crippen LogP) is 4.43. The third kappa shape index (κ3) is 2.50. The van der Waals surface area contributed by atoms with E-state index in [1.54, 1.807) is 0 Å². The zero-order valence-electron chi connectivity index (χ0n) is 11.1. The zero-order chi connectivity index (χ0) is 13.9. The molecule has 0 aliphatic carbocycles. The summed E-state index contributed by atoms with van der Waals surface area (Å²) in [4.78, 5) is 14.7. The molecule has 2 aromatic rings. The highest BCUT2D eigenvalue weighted by molar-refractivity contribution is 9.10. The first-order valence-electron chi connectivity index (χ1n) is 6.88. The SMILES string of the molecule is O=C(c1ccccc1Br)N1CCCC1c1ccccc1. The van der Waals surface area contributed by atoms with E-state index in [9.17, 15) is 4.79 Å². The van der Waals surface area contributed by atoms with Crippen LogP contribution in [0, 0.1) is 0 Å². The molecule has 0 aromatic heterocycles. The maximum absolute atomic E-state index is 12.7. The molecule has 1 aliphatic heterocycles. The molecule has 20 heavy (non-hydrogen) atoms. The molecular weight excluding hydrogens is 314 g/mol. The minimum absolute atomic E-state index is 0.115. The molecule has 2 nitrogen and oxygen atoms in total. The number of amides is 1. The van der Waals surface area contributed by atoms with Gasteiger partial charge in [-0.15, -0.1) is 0 Å². The summed E-state index contributed by atoms with van der Waals surface area (Å²) in [6, 6.07) is 18.1. The molecule has 1 fully saturated rings. The molecule has 1 atom stereocenters. The van der Waals surface area contributed by atoms with Gasteiger partial charge in [0.25, 0.3) is 5.91 Å². The molecule has 2 aromatic carbocycles. The van der Waals surface area contributed by atoms with Gasteiger partial charge >= 0.3 is 0 Å². The van der Waals surface area contributed by atoms with Crippen molar-refractivity contribution in [3.05, 3.63) is 70.2 Å². The first kappa shape index (κ1) is 13.4. The Bertz CT molecular complexity index is 611. The quantitative estimate of drug-likeness (QED) is 0.798. The first-order chi connectivity index (χ1) is 9.77. The highest BCUT2D eigenvalue weighted by atomic mass is 79.9. The van der Waals surface area contributed by atoms with Crippen molar-refractivity contribution in [3.8, 4) is 0 Å². The second kappa shape index (κ2) is 5.80. The van der Waals surface area contributed by atoms with Crippen molar-refractivity contribution in [3.63, 3.8) is 0 Å². The van der Waals surface area contributed by atoms with Crippen LogP contribution in [0.25, 0.3) is 0 Å². The standard InChI is InChI=1S/C17H16BrNO/c18-15-10-5-4-9-14(15)17(20)19-12-6-11-16(19)13-7-2-1-3-8-13/h1-5,7-10,16H,6,11-12H2. The van der Waals surface area contributed by atoms with E-state index in [1.807, 2.05) is 47.4 Å². The molecule has 1 heterocycles. The Morgan fingerprint density at radius 3 is 2.50 bits per heavy atom. The van der Waals surface area contributed by atoms with Crippen molar-refractivity contribution in [1.82, 2.24) is 4.90 Å². The van der Waals surface area contributed by atoms with Crippen molar-refractivity contribution in [2.24, 2.45) is 0 Å². The fraction of sp³-hybridized carbons (Fsp3) is 0.235. The largest absolute Gasteiger partial charge is 0.332 e. The van der Waals surface area contributed by atoms with Crippen molar-refractivity contribution in [1.29, 1.82) is 0 Å².